The molecule has 0 atom stereocenters. The fourth-order valence-electron chi connectivity index (χ4n) is 3.16. The van der Waals surface area contributed by atoms with Crippen molar-refractivity contribution in [3.8, 4) is 0 Å². The lowest BCUT2D eigenvalue weighted by Crippen LogP contribution is -2.27. The van der Waals surface area contributed by atoms with E-state index < -0.39 is 0 Å². The molecule has 0 spiro atoms. The predicted molar refractivity (Wildman–Crippen MR) is 94.5 cm³/mol. The van der Waals surface area contributed by atoms with Crippen molar-refractivity contribution in [3.63, 3.8) is 0 Å². The molecule has 2 heterocycles. The third-order valence-electron chi connectivity index (χ3n) is 4.56. The van der Waals surface area contributed by atoms with Crippen molar-refractivity contribution in [3.05, 3.63) is 70.0 Å². The van der Waals surface area contributed by atoms with Gasteiger partial charge in [-0.3, -0.25) is 9.59 Å². The highest BCUT2D eigenvalue weighted by molar-refractivity contribution is 5.94. The average molecular weight is 334 g/mol. The second kappa shape index (κ2) is 6.47. The monoisotopic (exact) mass is 334 g/mol. The molecule has 0 unspecified atom stereocenters. The molecular formula is C19H18N4O2. The Labute approximate surface area is 144 Å². The van der Waals surface area contributed by atoms with Crippen LogP contribution in [0.1, 0.15) is 28.8 Å². The van der Waals surface area contributed by atoms with E-state index in [1.807, 2.05) is 41.3 Å². The molecule has 126 valence electrons. The number of carbonyl (C=O) groups excluding carboxylic acids is 1. The van der Waals surface area contributed by atoms with Crippen molar-refractivity contribution in [1.29, 1.82) is 0 Å². The van der Waals surface area contributed by atoms with E-state index in [2.05, 4.69) is 10.3 Å². The lowest BCUT2D eigenvalue weighted by Gasteiger charge is -2.15. The number of likely N-dealkylation sites (tertiary alicyclic amines) is 1. The Morgan fingerprint density at radius 2 is 1.72 bits per heavy atom. The maximum atomic E-state index is 12.5. The van der Waals surface area contributed by atoms with Crippen molar-refractivity contribution in [2.75, 3.05) is 13.1 Å². The number of amides is 1. The number of hydrogen-bond donors (Lipinski definition) is 0. The maximum Gasteiger partial charge on any atom is 0.277 e. The van der Waals surface area contributed by atoms with E-state index >= 15 is 0 Å². The van der Waals surface area contributed by atoms with Gasteiger partial charge in [-0.1, -0.05) is 29.5 Å². The minimum atomic E-state index is -0.164. The summed E-state index contributed by atoms with van der Waals surface area (Å²) in [6, 6.07) is 14.5. The van der Waals surface area contributed by atoms with E-state index in [9.17, 15) is 9.59 Å². The van der Waals surface area contributed by atoms with E-state index in [0.717, 1.165) is 31.5 Å². The number of hydrogen-bond acceptors (Lipinski definition) is 4. The molecule has 1 amide bonds. The number of benzene rings is 2. The maximum absolute atomic E-state index is 12.5. The predicted octanol–water partition coefficient (Wildman–Crippen LogP) is 2.08. The van der Waals surface area contributed by atoms with Gasteiger partial charge in [0.2, 0.25) is 0 Å². The first-order valence-electron chi connectivity index (χ1n) is 8.43. The molecule has 1 aliphatic heterocycles. The summed E-state index contributed by atoms with van der Waals surface area (Å²) in [5.41, 5.74) is 2.02. The van der Waals surface area contributed by atoms with Crippen LogP contribution in [0, 0.1) is 0 Å². The summed E-state index contributed by atoms with van der Waals surface area (Å²) in [7, 11) is 0. The molecule has 1 aromatic heterocycles. The SMILES string of the molecule is O=C(c1ccc(Cn2nnc3ccccc3c2=O)cc1)N1CCCC1. The third-order valence-corrected chi connectivity index (χ3v) is 4.56. The van der Waals surface area contributed by atoms with Crippen LogP contribution in [0.4, 0.5) is 0 Å². The van der Waals surface area contributed by atoms with E-state index in [1.54, 1.807) is 12.1 Å². The molecule has 0 saturated carbocycles. The second-order valence-corrected chi connectivity index (χ2v) is 6.27. The van der Waals surface area contributed by atoms with Gasteiger partial charge in [-0.2, -0.15) is 0 Å². The quantitative estimate of drug-likeness (QED) is 0.735. The molecule has 0 radical (unpaired) electrons. The molecule has 0 bridgehead atoms. The minimum Gasteiger partial charge on any atom is -0.339 e. The van der Waals surface area contributed by atoms with Crippen LogP contribution in [0.3, 0.4) is 0 Å². The first kappa shape index (κ1) is 15.5. The minimum absolute atomic E-state index is 0.0757. The molecule has 1 fully saturated rings. The van der Waals surface area contributed by atoms with Gasteiger partial charge in [0.15, 0.2) is 0 Å². The zero-order valence-corrected chi connectivity index (χ0v) is 13.8. The third kappa shape index (κ3) is 3.03. The summed E-state index contributed by atoms with van der Waals surface area (Å²) >= 11 is 0. The summed E-state index contributed by atoms with van der Waals surface area (Å²) in [6.07, 6.45) is 2.15. The summed E-state index contributed by atoms with van der Waals surface area (Å²) in [4.78, 5) is 26.7. The highest BCUT2D eigenvalue weighted by atomic mass is 16.2. The summed E-state index contributed by atoms with van der Waals surface area (Å²) in [6.45, 7) is 2.00. The van der Waals surface area contributed by atoms with Crippen LogP contribution in [0.15, 0.2) is 53.3 Å². The van der Waals surface area contributed by atoms with Crippen molar-refractivity contribution in [2.24, 2.45) is 0 Å². The molecule has 6 heteroatoms. The fraction of sp³-hybridized carbons (Fsp3) is 0.263. The van der Waals surface area contributed by atoms with E-state index in [0.29, 0.717) is 23.0 Å². The largest absolute Gasteiger partial charge is 0.339 e. The molecule has 4 rings (SSSR count). The van der Waals surface area contributed by atoms with Gasteiger partial charge in [0.1, 0.15) is 5.52 Å². The molecule has 2 aromatic carbocycles. The molecule has 0 N–H and O–H groups in total. The number of aromatic nitrogens is 3. The summed E-state index contributed by atoms with van der Waals surface area (Å²) < 4.78 is 1.35. The number of rotatable bonds is 3. The van der Waals surface area contributed by atoms with Crippen LogP contribution in [0.2, 0.25) is 0 Å². The van der Waals surface area contributed by atoms with Crippen LogP contribution in [0.25, 0.3) is 10.9 Å². The first-order valence-corrected chi connectivity index (χ1v) is 8.43. The number of carbonyl (C=O) groups is 1. The van der Waals surface area contributed by atoms with Crippen LogP contribution >= 0.6 is 0 Å². The van der Waals surface area contributed by atoms with Gasteiger partial charge in [0.25, 0.3) is 11.5 Å². The molecule has 3 aromatic rings. The molecule has 1 aliphatic rings. The zero-order valence-electron chi connectivity index (χ0n) is 13.8. The normalized spacial score (nSPS) is 14.2. The Morgan fingerprint density at radius 1 is 1.00 bits per heavy atom. The fourth-order valence-corrected chi connectivity index (χ4v) is 3.16. The Hall–Kier alpha value is -3.02. The average Bonchev–Trinajstić information content (AvgIpc) is 3.19. The first-order chi connectivity index (χ1) is 12.2. The van der Waals surface area contributed by atoms with Crippen molar-refractivity contribution in [2.45, 2.75) is 19.4 Å². The second-order valence-electron chi connectivity index (χ2n) is 6.27. The molecule has 25 heavy (non-hydrogen) atoms. The van der Waals surface area contributed by atoms with Crippen molar-refractivity contribution >= 4 is 16.8 Å². The zero-order chi connectivity index (χ0) is 17.2. The standard InChI is InChI=1S/C19H18N4O2/c24-18(22-11-3-4-12-22)15-9-7-14(8-10-15)13-23-19(25)16-5-1-2-6-17(16)20-21-23/h1-2,5-10H,3-4,11-13H2. The van der Waals surface area contributed by atoms with Gasteiger partial charge in [0, 0.05) is 18.7 Å². The smallest absolute Gasteiger partial charge is 0.277 e. The van der Waals surface area contributed by atoms with Gasteiger partial charge in [0.05, 0.1) is 11.9 Å². The van der Waals surface area contributed by atoms with Crippen LogP contribution in [0.5, 0.6) is 0 Å². The Kier molecular flexibility index (Phi) is 4.01. The topological polar surface area (TPSA) is 68.1 Å². The molecule has 6 nitrogen and oxygen atoms in total. The number of fused-ring (bicyclic) bond motifs is 1. The Bertz CT molecular complexity index is 973. The lowest BCUT2D eigenvalue weighted by atomic mass is 10.1. The lowest BCUT2D eigenvalue weighted by molar-refractivity contribution is 0.0793. The van der Waals surface area contributed by atoms with Crippen molar-refractivity contribution < 1.29 is 4.79 Å². The van der Waals surface area contributed by atoms with Gasteiger partial charge in [-0.25, -0.2) is 4.68 Å². The van der Waals surface area contributed by atoms with Crippen LogP contribution < -0.4 is 5.56 Å². The van der Waals surface area contributed by atoms with E-state index in [-0.39, 0.29) is 11.5 Å². The van der Waals surface area contributed by atoms with Crippen molar-refractivity contribution in [1.82, 2.24) is 19.9 Å². The Balaban J connectivity index is 1.56. The summed E-state index contributed by atoms with van der Waals surface area (Å²) in [5.74, 6) is 0.0757. The molecule has 1 saturated heterocycles. The Morgan fingerprint density at radius 3 is 2.48 bits per heavy atom. The molecule has 0 aliphatic carbocycles. The van der Waals surface area contributed by atoms with Gasteiger partial charge in [-0.15, -0.1) is 5.10 Å². The van der Waals surface area contributed by atoms with Crippen LogP contribution in [-0.2, 0) is 6.54 Å². The highest BCUT2D eigenvalue weighted by Gasteiger charge is 2.19. The molecular weight excluding hydrogens is 316 g/mol. The van der Waals surface area contributed by atoms with E-state index in [1.165, 1.54) is 4.68 Å². The van der Waals surface area contributed by atoms with E-state index in [4.69, 9.17) is 0 Å². The van der Waals surface area contributed by atoms with Gasteiger partial charge < -0.3 is 4.90 Å². The number of nitrogens with zero attached hydrogens (tertiary/aromatic N) is 4. The summed E-state index contributed by atoms with van der Waals surface area (Å²) in [5, 5.41) is 8.64. The van der Waals surface area contributed by atoms with Gasteiger partial charge in [-0.05, 0) is 42.7 Å². The van der Waals surface area contributed by atoms with Crippen LogP contribution in [-0.4, -0.2) is 38.9 Å². The highest BCUT2D eigenvalue weighted by Crippen LogP contribution is 2.14. The van der Waals surface area contributed by atoms with Gasteiger partial charge >= 0.3 is 0 Å².